The lowest BCUT2D eigenvalue weighted by Crippen LogP contribution is -2.34. The first-order valence-corrected chi connectivity index (χ1v) is 6.60. The summed E-state index contributed by atoms with van der Waals surface area (Å²) in [4.78, 5) is 23.5. The van der Waals surface area contributed by atoms with Crippen molar-refractivity contribution in [3.05, 3.63) is 39.7 Å². The summed E-state index contributed by atoms with van der Waals surface area (Å²) >= 11 is 3.31. The van der Waals surface area contributed by atoms with Crippen LogP contribution in [0.25, 0.3) is 0 Å². The number of rotatable bonds is 6. The molecule has 1 aromatic carbocycles. The van der Waals surface area contributed by atoms with Crippen molar-refractivity contribution < 1.29 is 18.8 Å². The Kier molecular flexibility index (Phi) is 6.03. The number of carbonyl (C=O) groups is 1. The van der Waals surface area contributed by atoms with E-state index in [0.29, 0.717) is 6.61 Å². The van der Waals surface area contributed by atoms with Crippen LogP contribution in [0.1, 0.15) is 10.4 Å². The summed E-state index contributed by atoms with van der Waals surface area (Å²) in [6.45, 7) is 0.656. The first-order valence-electron chi connectivity index (χ1n) is 5.69. The van der Waals surface area contributed by atoms with Gasteiger partial charge in [-0.3, -0.25) is 14.9 Å². The van der Waals surface area contributed by atoms with Crippen LogP contribution in [0.4, 0.5) is 10.1 Å². The molecule has 1 rings (SSSR count). The molecule has 0 saturated carbocycles. The van der Waals surface area contributed by atoms with Crippen LogP contribution >= 0.6 is 15.9 Å². The molecule has 0 aliphatic heterocycles. The van der Waals surface area contributed by atoms with Gasteiger partial charge in [0.1, 0.15) is 11.4 Å². The Morgan fingerprint density at radius 1 is 1.60 bits per heavy atom. The van der Waals surface area contributed by atoms with Gasteiger partial charge in [-0.2, -0.15) is 0 Å². The second-order valence-electron chi connectivity index (χ2n) is 4.16. The summed E-state index contributed by atoms with van der Waals surface area (Å²) in [5.41, 5.74) is -0.685. The van der Waals surface area contributed by atoms with Gasteiger partial charge in [-0.15, -0.1) is 0 Å². The standard InChI is InChI=1S/C12H14BrFN2O4/c1-15(6-8(13)7-20-2)12(17)10-5-9(14)3-4-11(10)16(18)19/h3-5,8H,6-7H2,1-2H3. The molecule has 0 aliphatic carbocycles. The van der Waals surface area contributed by atoms with Gasteiger partial charge in [0.05, 0.1) is 16.4 Å². The third-order valence-electron chi connectivity index (χ3n) is 2.55. The van der Waals surface area contributed by atoms with Crippen molar-refractivity contribution in [1.29, 1.82) is 0 Å². The maximum atomic E-state index is 13.2. The molecule has 0 aliphatic rings. The van der Waals surface area contributed by atoms with Gasteiger partial charge in [0, 0.05) is 26.8 Å². The number of carbonyl (C=O) groups excluding carboxylic acids is 1. The van der Waals surface area contributed by atoms with Crippen LogP contribution in [0.2, 0.25) is 0 Å². The van der Waals surface area contributed by atoms with Crippen LogP contribution in [-0.4, -0.2) is 47.9 Å². The van der Waals surface area contributed by atoms with E-state index in [4.69, 9.17) is 4.74 Å². The van der Waals surface area contributed by atoms with Gasteiger partial charge < -0.3 is 9.64 Å². The molecule has 0 N–H and O–H groups in total. The molecule has 0 aromatic heterocycles. The summed E-state index contributed by atoms with van der Waals surface area (Å²) in [6.07, 6.45) is 0. The average molecular weight is 349 g/mol. The molecule has 1 atom stereocenters. The predicted octanol–water partition coefficient (Wildman–Crippen LogP) is 2.22. The molecule has 1 unspecified atom stereocenters. The Bertz CT molecular complexity index is 512. The van der Waals surface area contributed by atoms with Gasteiger partial charge >= 0.3 is 0 Å². The zero-order valence-electron chi connectivity index (χ0n) is 11.0. The highest BCUT2D eigenvalue weighted by Crippen LogP contribution is 2.21. The van der Waals surface area contributed by atoms with E-state index in [0.717, 1.165) is 18.2 Å². The fourth-order valence-corrected chi connectivity index (χ4v) is 2.36. The minimum atomic E-state index is -0.707. The lowest BCUT2D eigenvalue weighted by atomic mass is 10.1. The summed E-state index contributed by atoms with van der Waals surface area (Å²) in [7, 11) is 3.01. The van der Waals surface area contributed by atoms with Crippen molar-refractivity contribution in [3.63, 3.8) is 0 Å². The Morgan fingerprint density at radius 3 is 2.80 bits per heavy atom. The highest BCUT2D eigenvalue weighted by atomic mass is 79.9. The van der Waals surface area contributed by atoms with Crippen LogP contribution in [0.3, 0.4) is 0 Å². The molecular weight excluding hydrogens is 335 g/mol. The Morgan fingerprint density at radius 2 is 2.25 bits per heavy atom. The molecule has 110 valence electrons. The summed E-state index contributed by atoms with van der Waals surface area (Å²) in [5.74, 6) is -1.31. The van der Waals surface area contributed by atoms with Gasteiger partial charge in [-0.05, 0) is 12.1 Å². The van der Waals surface area contributed by atoms with Crippen molar-refractivity contribution in [2.75, 3.05) is 27.3 Å². The van der Waals surface area contributed by atoms with Crippen LogP contribution in [0.5, 0.6) is 0 Å². The molecule has 0 saturated heterocycles. The van der Waals surface area contributed by atoms with Gasteiger partial charge in [0.25, 0.3) is 11.6 Å². The van der Waals surface area contributed by atoms with E-state index >= 15 is 0 Å². The van der Waals surface area contributed by atoms with E-state index in [-0.39, 0.29) is 16.9 Å². The van der Waals surface area contributed by atoms with Gasteiger partial charge in [0.2, 0.25) is 0 Å². The third kappa shape index (κ3) is 4.24. The van der Waals surface area contributed by atoms with E-state index < -0.39 is 22.3 Å². The molecule has 0 bridgehead atoms. The molecule has 1 aromatic rings. The number of nitrogens with zero attached hydrogens (tertiary/aromatic N) is 2. The largest absolute Gasteiger partial charge is 0.383 e. The number of hydrogen-bond acceptors (Lipinski definition) is 4. The molecule has 20 heavy (non-hydrogen) atoms. The number of ether oxygens (including phenoxy) is 1. The normalized spacial score (nSPS) is 12.0. The van der Waals surface area contributed by atoms with E-state index in [1.807, 2.05) is 0 Å². The van der Waals surface area contributed by atoms with Crippen LogP contribution in [0.15, 0.2) is 18.2 Å². The number of hydrogen-bond donors (Lipinski definition) is 0. The molecule has 1 amide bonds. The van der Waals surface area contributed by atoms with E-state index in [1.54, 1.807) is 0 Å². The first kappa shape index (κ1) is 16.5. The maximum Gasteiger partial charge on any atom is 0.282 e. The van der Waals surface area contributed by atoms with Crippen LogP contribution in [-0.2, 0) is 4.74 Å². The Hall–Kier alpha value is -1.54. The van der Waals surface area contributed by atoms with Crippen molar-refractivity contribution >= 4 is 27.5 Å². The number of nitro benzene ring substituents is 1. The van der Waals surface area contributed by atoms with E-state index in [1.165, 1.54) is 19.1 Å². The Labute approximate surface area is 123 Å². The van der Waals surface area contributed by atoms with Crippen LogP contribution < -0.4 is 0 Å². The van der Waals surface area contributed by atoms with Gasteiger partial charge in [-0.25, -0.2) is 4.39 Å². The first-order chi connectivity index (χ1) is 9.36. The molecule has 8 heteroatoms. The van der Waals surface area contributed by atoms with Crippen LogP contribution in [0, 0.1) is 15.9 Å². The smallest absolute Gasteiger partial charge is 0.282 e. The average Bonchev–Trinajstić information content (AvgIpc) is 2.37. The van der Waals surface area contributed by atoms with Gasteiger partial charge in [-0.1, -0.05) is 15.9 Å². The monoisotopic (exact) mass is 348 g/mol. The number of nitro groups is 1. The summed E-state index contributed by atoms with van der Waals surface area (Å²) in [6, 6.07) is 2.81. The number of halogens is 2. The SMILES string of the molecule is COCC(Br)CN(C)C(=O)c1cc(F)ccc1[N+](=O)[O-]. The van der Waals surface area contributed by atoms with E-state index in [2.05, 4.69) is 15.9 Å². The fourth-order valence-electron chi connectivity index (χ4n) is 1.66. The highest BCUT2D eigenvalue weighted by Gasteiger charge is 2.24. The lowest BCUT2D eigenvalue weighted by molar-refractivity contribution is -0.385. The Balaban J connectivity index is 2.96. The zero-order chi connectivity index (χ0) is 15.3. The quantitative estimate of drug-likeness (QED) is 0.449. The molecule has 6 nitrogen and oxygen atoms in total. The maximum absolute atomic E-state index is 13.2. The molecule has 0 spiro atoms. The second kappa shape index (κ2) is 7.30. The highest BCUT2D eigenvalue weighted by molar-refractivity contribution is 9.09. The fraction of sp³-hybridized carbons (Fsp3) is 0.417. The van der Waals surface area contributed by atoms with Gasteiger partial charge in [0.15, 0.2) is 0 Å². The van der Waals surface area contributed by atoms with Crippen molar-refractivity contribution in [1.82, 2.24) is 4.90 Å². The van der Waals surface area contributed by atoms with Crippen molar-refractivity contribution in [2.45, 2.75) is 4.83 Å². The van der Waals surface area contributed by atoms with Crippen molar-refractivity contribution in [3.8, 4) is 0 Å². The second-order valence-corrected chi connectivity index (χ2v) is 5.45. The predicted molar refractivity (Wildman–Crippen MR) is 74.6 cm³/mol. The molecule has 0 fully saturated rings. The topological polar surface area (TPSA) is 72.7 Å². The third-order valence-corrected chi connectivity index (χ3v) is 3.11. The summed E-state index contributed by atoms with van der Waals surface area (Å²) in [5, 5.41) is 10.9. The molecule has 0 heterocycles. The molecule has 0 radical (unpaired) electrons. The van der Waals surface area contributed by atoms with E-state index in [9.17, 15) is 19.3 Å². The summed E-state index contributed by atoms with van der Waals surface area (Å²) < 4.78 is 18.1. The number of alkyl halides is 1. The lowest BCUT2D eigenvalue weighted by Gasteiger charge is -2.20. The molecular formula is C12H14BrFN2O4. The number of benzene rings is 1. The number of amides is 1. The minimum Gasteiger partial charge on any atom is -0.383 e. The zero-order valence-corrected chi connectivity index (χ0v) is 12.6. The minimum absolute atomic E-state index is 0.117. The number of methoxy groups -OCH3 is 1. The van der Waals surface area contributed by atoms with Crippen molar-refractivity contribution in [2.24, 2.45) is 0 Å².